The molecule has 1 N–H and O–H groups in total. The summed E-state index contributed by atoms with van der Waals surface area (Å²) in [5.41, 5.74) is -2.46. The van der Waals surface area contributed by atoms with E-state index in [1.807, 2.05) is 0 Å². The molecule has 11 heteroatoms. The highest BCUT2D eigenvalue weighted by Gasteiger charge is 2.38. The van der Waals surface area contributed by atoms with E-state index in [1.54, 1.807) is 6.07 Å². The molecule has 1 fully saturated rings. The Kier molecular flexibility index (Phi) is 5.16. The first-order valence-electron chi connectivity index (χ1n) is 9.17. The van der Waals surface area contributed by atoms with Gasteiger partial charge >= 0.3 is 12.4 Å². The van der Waals surface area contributed by atoms with Crippen molar-refractivity contribution in [3.8, 4) is 16.9 Å². The molecule has 3 heterocycles. The largest absolute Gasteiger partial charge is 0.484 e. The molecule has 0 aliphatic carbocycles. The minimum Gasteiger partial charge on any atom is -0.484 e. The van der Waals surface area contributed by atoms with E-state index in [2.05, 4.69) is 15.0 Å². The summed E-state index contributed by atoms with van der Waals surface area (Å²) in [7, 11) is 0. The second-order valence-corrected chi connectivity index (χ2v) is 7.11. The lowest BCUT2D eigenvalue weighted by Crippen LogP contribution is -2.40. The van der Waals surface area contributed by atoms with Gasteiger partial charge in [0.2, 0.25) is 0 Å². The van der Waals surface area contributed by atoms with Gasteiger partial charge in [-0.05, 0) is 35.4 Å². The van der Waals surface area contributed by atoms with Crippen LogP contribution in [0.3, 0.4) is 0 Å². The normalized spacial score (nSPS) is 15.2. The van der Waals surface area contributed by atoms with Crippen LogP contribution in [0.4, 0.5) is 26.3 Å². The average Bonchev–Trinajstić information content (AvgIpc) is 2.64. The van der Waals surface area contributed by atoms with Gasteiger partial charge in [0.15, 0.2) is 12.3 Å². The number of ether oxygens (including phenoxy) is 1. The summed E-state index contributed by atoms with van der Waals surface area (Å²) < 4.78 is 83.6. The summed E-state index contributed by atoms with van der Waals surface area (Å²) >= 11 is 0. The van der Waals surface area contributed by atoms with Crippen molar-refractivity contribution in [2.75, 3.05) is 19.7 Å². The van der Waals surface area contributed by atoms with Crippen LogP contribution in [0.1, 0.15) is 17.2 Å². The van der Waals surface area contributed by atoms with Crippen molar-refractivity contribution in [1.29, 1.82) is 0 Å². The van der Waals surface area contributed by atoms with Gasteiger partial charge in [0.1, 0.15) is 11.4 Å². The molecule has 0 spiro atoms. The van der Waals surface area contributed by atoms with Crippen LogP contribution < -0.4 is 15.6 Å². The van der Waals surface area contributed by atoms with Crippen molar-refractivity contribution in [2.24, 2.45) is 0 Å². The number of hydrogen-bond acceptors (Lipinski definition) is 4. The summed E-state index contributed by atoms with van der Waals surface area (Å²) in [6, 6.07) is 7.46. The first-order chi connectivity index (χ1) is 14.5. The molecule has 0 amide bonds. The van der Waals surface area contributed by atoms with E-state index in [9.17, 15) is 31.1 Å². The molecular formula is C20H15F6N3O2. The molecule has 0 radical (unpaired) electrons. The van der Waals surface area contributed by atoms with Gasteiger partial charge in [-0.2, -0.15) is 26.3 Å². The molecule has 2 aromatic heterocycles. The van der Waals surface area contributed by atoms with Gasteiger partial charge in [0, 0.05) is 25.2 Å². The van der Waals surface area contributed by atoms with Crippen LogP contribution in [0.2, 0.25) is 0 Å². The molecule has 1 aromatic carbocycles. The van der Waals surface area contributed by atoms with Crippen molar-refractivity contribution in [3.63, 3.8) is 0 Å². The lowest BCUT2D eigenvalue weighted by Gasteiger charge is -2.27. The van der Waals surface area contributed by atoms with Gasteiger partial charge < -0.3 is 10.1 Å². The summed E-state index contributed by atoms with van der Waals surface area (Å²) in [5.74, 6) is -0.0533. The number of rotatable bonds is 4. The first kappa shape index (κ1) is 21.2. The second kappa shape index (κ2) is 7.56. The quantitative estimate of drug-likeness (QED) is 0.620. The summed E-state index contributed by atoms with van der Waals surface area (Å²) in [4.78, 5) is 16.6. The number of hydrogen-bond donors (Lipinski definition) is 1. The van der Waals surface area contributed by atoms with Crippen LogP contribution >= 0.6 is 0 Å². The van der Waals surface area contributed by atoms with Crippen molar-refractivity contribution in [3.05, 3.63) is 64.2 Å². The summed E-state index contributed by atoms with van der Waals surface area (Å²) in [6.45, 7) is -0.167. The Morgan fingerprint density at radius 2 is 1.74 bits per heavy atom. The fourth-order valence-electron chi connectivity index (χ4n) is 3.28. The van der Waals surface area contributed by atoms with Crippen LogP contribution in [-0.2, 0) is 6.18 Å². The lowest BCUT2D eigenvalue weighted by molar-refractivity contribution is -0.153. The molecule has 164 valence electrons. The molecule has 0 bridgehead atoms. The Hall–Kier alpha value is -3.08. The van der Waals surface area contributed by atoms with E-state index >= 15 is 0 Å². The SMILES string of the molecule is O=c1c(-c2ccc(OCC(F)(F)F)cc2)c(C(F)(F)F)nc2cc(C3CNC3)ccn12. The number of nitrogens with one attached hydrogen (secondary N) is 1. The molecule has 5 nitrogen and oxygen atoms in total. The number of aromatic nitrogens is 2. The van der Waals surface area contributed by atoms with Gasteiger partial charge in [-0.3, -0.25) is 9.20 Å². The number of fused-ring (bicyclic) bond motifs is 1. The van der Waals surface area contributed by atoms with Gasteiger partial charge in [-0.15, -0.1) is 0 Å². The minimum atomic E-state index is -4.91. The average molecular weight is 443 g/mol. The van der Waals surface area contributed by atoms with Crippen LogP contribution in [0, 0.1) is 0 Å². The van der Waals surface area contributed by atoms with Crippen molar-refractivity contribution in [1.82, 2.24) is 14.7 Å². The number of nitrogens with zero attached hydrogens (tertiary/aromatic N) is 2. The van der Waals surface area contributed by atoms with E-state index in [0.717, 1.165) is 34.2 Å². The Morgan fingerprint density at radius 3 is 2.29 bits per heavy atom. The fourth-order valence-corrected chi connectivity index (χ4v) is 3.28. The number of halogens is 6. The smallest absolute Gasteiger partial charge is 0.434 e. The van der Waals surface area contributed by atoms with Crippen molar-refractivity contribution < 1.29 is 31.1 Å². The first-order valence-corrected chi connectivity index (χ1v) is 9.17. The predicted octanol–water partition coefficient (Wildman–Crippen LogP) is 4.01. The van der Waals surface area contributed by atoms with E-state index in [1.165, 1.54) is 12.3 Å². The number of benzene rings is 1. The molecule has 0 unspecified atom stereocenters. The topological polar surface area (TPSA) is 55.6 Å². The number of pyridine rings is 1. The molecule has 1 aliphatic heterocycles. The zero-order chi connectivity index (χ0) is 22.4. The molecule has 1 saturated heterocycles. The maximum absolute atomic E-state index is 13.7. The second-order valence-electron chi connectivity index (χ2n) is 7.11. The number of alkyl halides is 6. The van der Waals surface area contributed by atoms with Crippen molar-refractivity contribution >= 4 is 5.65 Å². The Morgan fingerprint density at radius 1 is 1.06 bits per heavy atom. The molecule has 0 atom stereocenters. The van der Waals surface area contributed by atoms with Gasteiger partial charge in [0.05, 0.1) is 5.56 Å². The maximum Gasteiger partial charge on any atom is 0.434 e. The Balaban J connectivity index is 1.79. The summed E-state index contributed by atoms with van der Waals surface area (Å²) in [5, 5.41) is 3.07. The Bertz CT molecular complexity index is 1160. The molecule has 1 aliphatic rings. The monoisotopic (exact) mass is 443 g/mol. The van der Waals surface area contributed by atoms with Crippen LogP contribution in [0.5, 0.6) is 5.75 Å². The third-order valence-corrected chi connectivity index (χ3v) is 4.92. The maximum atomic E-state index is 13.7. The highest BCUT2D eigenvalue weighted by molar-refractivity contribution is 5.68. The van der Waals surface area contributed by atoms with Crippen molar-refractivity contribution in [2.45, 2.75) is 18.3 Å². The van der Waals surface area contributed by atoms with Crippen LogP contribution in [0.25, 0.3) is 16.8 Å². The third kappa shape index (κ3) is 4.36. The highest BCUT2D eigenvalue weighted by Crippen LogP contribution is 2.35. The van der Waals surface area contributed by atoms with Crippen LogP contribution in [0.15, 0.2) is 47.4 Å². The van der Waals surface area contributed by atoms with E-state index in [-0.39, 0.29) is 22.9 Å². The van der Waals surface area contributed by atoms with E-state index in [0.29, 0.717) is 13.1 Å². The lowest BCUT2D eigenvalue weighted by atomic mass is 9.94. The zero-order valence-electron chi connectivity index (χ0n) is 15.7. The van der Waals surface area contributed by atoms with Gasteiger partial charge in [-0.1, -0.05) is 12.1 Å². The summed E-state index contributed by atoms with van der Waals surface area (Å²) in [6.07, 6.45) is -8.09. The molecular weight excluding hydrogens is 428 g/mol. The van der Waals surface area contributed by atoms with E-state index in [4.69, 9.17) is 0 Å². The predicted molar refractivity (Wildman–Crippen MR) is 99.1 cm³/mol. The van der Waals surface area contributed by atoms with E-state index < -0.39 is 35.8 Å². The van der Waals surface area contributed by atoms with Crippen LogP contribution in [-0.4, -0.2) is 35.3 Å². The Labute approximate surface area is 171 Å². The molecule has 3 aromatic rings. The zero-order valence-corrected chi connectivity index (χ0v) is 15.7. The standard InChI is InChI=1S/C20H15F6N3O2/c21-19(22,23)10-31-14-3-1-11(2-4-14)16-17(20(24,25)26)28-15-7-12(13-8-27-9-13)5-6-29(15)18(16)30/h1-7,13,27H,8-10H2. The molecule has 4 rings (SSSR count). The fraction of sp³-hybridized carbons (Fsp3) is 0.300. The minimum absolute atomic E-state index is 0.129. The third-order valence-electron chi connectivity index (χ3n) is 4.92. The highest BCUT2D eigenvalue weighted by atomic mass is 19.4. The molecule has 0 saturated carbocycles. The van der Waals surface area contributed by atoms with Gasteiger partial charge in [0.25, 0.3) is 5.56 Å². The van der Waals surface area contributed by atoms with Gasteiger partial charge in [-0.25, -0.2) is 4.98 Å². The molecule has 31 heavy (non-hydrogen) atoms.